The van der Waals surface area contributed by atoms with Crippen molar-refractivity contribution in [3.05, 3.63) is 29.3 Å². The molecule has 1 aromatic rings. The van der Waals surface area contributed by atoms with E-state index in [0.717, 1.165) is 6.42 Å². The minimum Gasteiger partial charge on any atom is -0.396 e. The maximum atomic E-state index is 11.8. The Bertz CT molecular complexity index is 424. The maximum Gasteiger partial charge on any atom is 0.319 e. The number of anilines is 1. The SMILES string of the molecule is CC(C)CC(CCO)CNC(=O)Nc1ccccc1Cl. The number of benzene rings is 1. The highest BCUT2D eigenvalue weighted by Gasteiger charge is 2.12. The number of aliphatic hydroxyl groups excluding tert-OH is 1. The summed E-state index contributed by atoms with van der Waals surface area (Å²) in [7, 11) is 0. The summed E-state index contributed by atoms with van der Waals surface area (Å²) < 4.78 is 0. The lowest BCUT2D eigenvalue weighted by atomic mass is 9.94. The molecule has 2 amide bonds. The van der Waals surface area contributed by atoms with Crippen molar-refractivity contribution in [1.29, 1.82) is 0 Å². The van der Waals surface area contributed by atoms with Crippen molar-refractivity contribution in [3.63, 3.8) is 0 Å². The Labute approximate surface area is 125 Å². The van der Waals surface area contributed by atoms with Crippen LogP contribution >= 0.6 is 11.6 Å². The van der Waals surface area contributed by atoms with Crippen LogP contribution in [0.2, 0.25) is 5.02 Å². The molecule has 0 radical (unpaired) electrons. The van der Waals surface area contributed by atoms with E-state index in [0.29, 0.717) is 29.6 Å². The second kappa shape index (κ2) is 8.82. The van der Waals surface area contributed by atoms with E-state index >= 15 is 0 Å². The standard InChI is InChI=1S/C15H23ClN2O2/c1-11(2)9-12(7-8-19)10-17-15(20)18-14-6-4-3-5-13(14)16/h3-6,11-12,19H,7-10H2,1-2H3,(H2,17,18,20). The number of urea groups is 1. The van der Waals surface area contributed by atoms with Gasteiger partial charge in [-0.25, -0.2) is 4.79 Å². The van der Waals surface area contributed by atoms with E-state index < -0.39 is 0 Å². The molecule has 112 valence electrons. The van der Waals surface area contributed by atoms with Crippen molar-refractivity contribution in [2.45, 2.75) is 26.7 Å². The van der Waals surface area contributed by atoms with Crippen molar-refractivity contribution < 1.29 is 9.90 Å². The summed E-state index contributed by atoms with van der Waals surface area (Å²) in [4.78, 5) is 11.8. The van der Waals surface area contributed by atoms with Gasteiger partial charge in [0.25, 0.3) is 0 Å². The van der Waals surface area contributed by atoms with Gasteiger partial charge in [0, 0.05) is 13.2 Å². The van der Waals surface area contributed by atoms with Crippen molar-refractivity contribution in [2.75, 3.05) is 18.5 Å². The van der Waals surface area contributed by atoms with Gasteiger partial charge in [-0.3, -0.25) is 0 Å². The normalized spacial score (nSPS) is 12.2. The summed E-state index contributed by atoms with van der Waals surface area (Å²) in [5, 5.41) is 15.1. The molecule has 0 aliphatic rings. The molecule has 0 saturated heterocycles. The molecule has 1 rings (SSSR count). The third-order valence-corrected chi connectivity index (χ3v) is 3.35. The predicted molar refractivity (Wildman–Crippen MR) is 83.1 cm³/mol. The number of aliphatic hydroxyl groups is 1. The van der Waals surface area contributed by atoms with Gasteiger partial charge >= 0.3 is 6.03 Å². The number of hydrogen-bond donors (Lipinski definition) is 3. The Morgan fingerprint density at radius 2 is 2.05 bits per heavy atom. The van der Waals surface area contributed by atoms with Crippen LogP contribution in [0.25, 0.3) is 0 Å². The van der Waals surface area contributed by atoms with Gasteiger partial charge in [-0.05, 0) is 36.8 Å². The summed E-state index contributed by atoms with van der Waals surface area (Å²) in [5.41, 5.74) is 0.592. The summed E-state index contributed by atoms with van der Waals surface area (Å²) in [5.74, 6) is 0.831. The number of amides is 2. The van der Waals surface area contributed by atoms with E-state index in [4.69, 9.17) is 16.7 Å². The first-order chi connectivity index (χ1) is 9.52. The zero-order valence-electron chi connectivity index (χ0n) is 12.0. The average Bonchev–Trinajstić information content (AvgIpc) is 2.38. The van der Waals surface area contributed by atoms with E-state index in [9.17, 15) is 4.79 Å². The highest BCUT2D eigenvalue weighted by atomic mass is 35.5. The summed E-state index contributed by atoms with van der Waals surface area (Å²) in [6.45, 7) is 4.96. The van der Waals surface area contributed by atoms with E-state index in [1.807, 2.05) is 12.1 Å². The van der Waals surface area contributed by atoms with Crippen LogP contribution in [0, 0.1) is 11.8 Å². The topological polar surface area (TPSA) is 61.4 Å². The Morgan fingerprint density at radius 1 is 1.35 bits per heavy atom. The van der Waals surface area contributed by atoms with Crippen LogP contribution in [0.4, 0.5) is 10.5 Å². The number of carbonyl (C=O) groups excluding carboxylic acids is 1. The van der Waals surface area contributed by atoms with Gasteiger partial charge in [-0.1, -0.05) is 37.6 Å². The lowest BCUT2D eigenvalue weighted by Crippen LogP contribution is -2.33. The van der Waals surface area contributed by atoms with Crippen LogP contribution in [0.15, 0.2) is 24.3 Å². The summed E-state index contributed by atoms with van der Waals surface area (Å²) in [6, 6.07) is 6.83. The molecule has 0 heterocycles. The molecule has 0 saturated carbocycles. The maximum absolute atomic E-state index is 11.8. The number of nitrogens with one attached hydrogen (secondary N) is 2. The lowest BCUT2D eigenvalue weighted by molar-refractivity contribution is 0.231. The Balaban J connectivity index is 2.43. The molecule has 4 nitrogen and oxygen atoms in total. The Kier molecular flexibility index (Phi) is 7.41. The molecule has 1 aromatic carbocycles. The van der Waals surface area contributed by atoms with Crippen LogP contribution in [-0.4, -0.2) is 24.3 Å². The molecule has 1 unspecified atom stereocenters. The van der Waals surface area contributed by atoms with Crippen molar-refractivity contribution in [2.24, 2.45) is 11.8 Å². The second-order valence-electron chi connectivity index (χ2n) is 5.32. The van der Waals surface area contributed by atoms with Gasteiger partial charge in [-0.2, -0.15) is 0 Å². The van der Waals surface area contributed by atoms with E-state index in [2.05, 4.69) is 24.5 Å². The molecule has 0 aliphatic heterocycles. The predicted octanol–water partition coefficient (Wildman–Crippen LogP) is 3.51. The number of hydrogen-bond acceptors (Lipinski definition) is 2. The Morgan fingerprint density at radius 3 is 2.65 bits per heavy atom. The van der Waals surface area contributed by atoms with E-state index in [-0.39, 0.29) is 18.6 Å². The molecule has 1 atom stereocenters. The first kappa shape index (κ1) is 16.8. The van der Waals surface area contributed by atoms with Gasteiger partial charge in [0.2, 0.25) is 0 Å². The van der Waals surface area contributed by atoms with Gasteiger partial charge in [0.15, 0.2) is 0 Å². The zero-order valence-corrected chi connectivity index (χ0v) is 12.8. The molecular formula is C15H23ClN2O2. The molecule has 0 spiro atoms. The first-order valence-electron chi connectivity index (χ1n) is 6.93. The molecule has 5 heteroatoms. The van der Waals surface area contributed by atoms with Crippen molar-refractivity contribution >= 4 is 23.3 Å². The van der Waals surface area contributed by atoms with Crippen molar-refractivity contribution in [1.82, 2.24) is 5.32 Å². The van der Waals surface area contributed by atoms with Gasteiger partial charge < -0.3 is 15.7 Å². The molecule has 0 fully saturated rings. The van der Waals surface area contributed by atoms with Crippen LogP contribution in [0.5, 0.6) is 0 Å². The smallest absolute Gasteiger partial charge is 0.319 e. The minimum absolute atomic E-state index is 0.144. The van der Waals surface area contributed by atoms with E-state index in [1.54, 1.807) is 12.1 Å². The molecule has 0 bridgehead atoms. The monoisotopic (exact) mass is 298 g/mol. The van der Waals surface area contributed by atoms with Gasteiger partial charge in [-0.15, -0.1) is 0 Å². The number of halogens is 1. The van der Waals surface area contributed by atoms with Crippen LogP contribution in [0.3, 0.4) is 0 Å². The summed E-state index contributed by atoms with van der Waals surface area (Å²) in [6.07, 6.45) is 1.68. The van der Waals surface area contributed by atoms with Gasteiger partial charge in [0.1, 0.15) is 0 Å². The van der Waals surface area contributed by atoms with E-state index in [1.165, 1.54) is 0 Å². The average molecular weight is 299 g/mol. The van der Waals surface area contributed by atoms with Crippen LogP contribution in [0.1, 0.15) is 26.7 Å². The number of para-hydroxylation sites is 1. The van der Waals surface area contributed by atoms with Gasteiger partial charge in [0.05, 0.1) is 10.7 Å². The third kappa shape index (κ3) is 6.26. The first-order valence-corrected chi connectivity index (χ1v) is 7.31. The largest absolute Gasteiger partial charge is 0.396 e. The lowest BCUT2D eigenvalue weighted by Gasteiger charge is -2.19. The number of carbonyl (C=O) groups is 1. The molecular weight excluding hydrogens is 276 g/mol. The van der Waals surface area contributed by atoms with Crippen molar-refractivity contribution in [3.8, 4) is 0 Å². The Hall–Kier alpha value is -1.26. The molecule has 3 N–H and O–H groups in total. The summed E-state index contributed by atoms with van der Waals surface area (Å²) >= 11 is 5.97. The van der Waals surface area contributed by atoms with Crippen LogP contribution in [-0.2, 0) is 0 Å². The number of rotatable bonds is 7. The molecule has 0 aromatic heterocycles. The quantitative estimate of drug-likeness (QED) is 0.721. The van der Waals surface area contributed by atoms with Crippen LogP contribution < -0.4 is 10.6 Å². The fourth-order valence-electron chi connectivity index (χ4n) is 2.12. The minimum atomic E-state index is -0.273. The fraction of sp³-hybridized carbons (Fsp3) is 0.533. The molecule has 20 heavy (non-hydrogen) atoms. The zero-order chi connectivity index (χ0) is 15.0. The highest BCUT2D eigenvalue weighted by molar-refractivity contribution is 6.33. The highest BCUT2D eigenvalue weighted by Crippen LogP contribution is 2.20. The second-order valence-corrected chi connectivity index (χ2v) is 5.73. The molecule has 0 aliphatic carbocycles. The fourth-order valence-corrected chi connectivity index (χ4v) is 2.30. The third-order valence-electron chi connectivity index (χ3n) is 3.02.